The van der Waals surface area contributed by atoms with Crippen LogP contribution in [0.25, 0.3) is 0 Å². The molecule has 0 atom stereocenters. The lowest BCUT2D eigenvalue weighted by Gasteiger charge is -2.08. The van der Waals surface area contributed by atoms with Gasteiger partial charge < -0.3 is 15.2 Å². The smallest absolute Gasteiger partial charge is 0.316 e. The Labute approximate surface area is 132 Å². The molecule has 0 spiro atoms. The molecule has 0 aromatic heterocycles. The second-order valence-corrected chi connectivity index (χ2v) is 6.82. The van der Waals surface area contributed by atoms with Crippen molar-refractivity contribution in [3.05, 3.63) is 24.3 Å². The maximum atomic E-state index is 11.9. The molecule has 7 heteroatoms. The summed E-state index contributed by atoms with van der Waals surface area (Å²) in [5.41, 5.74) is 5.40. The van der Waals surface area contributed by atoms with Gasteiger partial charge in [0, 0.05) is 11.8 Å². The highest BCUT2D eigenvalue weighted by Gasteiger charge is 2.13. The highest BCUT2D eigenvalue weighted by molar-refractivity contribution is 7.87. The average molecular weight is 328 g/mol. The van der Waals surface area contributed by atoms with Crippen molar-refractivity contribution in [1.82, 2.24) is 0 Å². The van der Waals surface area contributed by atoms with Crippen LogP contribution in [-0.2, 0) is 10.1 Å². The Kier molecular flexibility index (Phi) is 7.73. The van der Waals surface area contributed by atoms with Crippen molar-refractivity contribution in [1.29, 1.82) is 0 Å². The summed E-state index contributed by atoms with van der Waals surface area (Å²) in [7, 11) is -3.62. The number of anilines is 1. The fourth-order valence-electron chi connectivity index (χ4n) is 2.02. The first-order chi connectivity index (χ1) is 10.4. The van der Waals surface area contributed by atoms with Gasteiger partial charge in [0.05, 0.1) is 5.75 Å². The van der Waals surface area contributed by atoms with Gasteiger partial charge in [-0.05, 0) is 18.6 Å². The summed E-state index contributed by atoms with van der Waals surface area (Å²) in [4.78, 5) is 10.8. The first kappa shape index (κ1) is 18.3. The summed E-state index contributed by atoms with van der Waals surface area (Å²) in [6, 6.07) is 5.40. The number of nitrogens with one attached hydrogen (secondary N) is 1. The number of amides is 2. The molecule has 3 N–H and O–H groups in total. The zero-order valence-electron chi connectivity index (χ0n) is 12.9. The highest BCUT2D eigenvalue weighted by atomic mass is 32.2. The Morgan fingerprint density at radius 3 is 2.55 bits per heavy atom. The van der Waals surface area contributed by atoms with Crippen LogP contribution >= 0.6 is 0 Å². The highest BCUT2D eigenvalue weighted by Crippen LogP contribution is 2.19. The molecule has 1 rings (SSSR count). The van der Waals surface area contributed by atoms with Gasteiger partial charge in [-0.2, -0.15) is 8.42 Å². The lowest BCUT2D eigenvalue weighted by molar-refractivity contribution is 0.259. The molecule has 2 amide bonds. The van der Waals surface area contributed by atoms with Crippen LogP contribution in [0.4, 0.5) is 10.5 Å². The van der Waals surface area contributed by atoms with E-state index in [9.17, 15) is 13.2 Å². The Morgan fingerprint density at radius 2 is 1.86 bits per heavy atom. The number of urea groups is 1. The predicted octanol–water partition coefficient (Wildman–Crippen LogP) is 3.25. The molecular formula is C15H24N2O4S. The molecular weight excluding hydrogens is 304 g/mol. The van der Waals surface area contributed by atoms with Crippen LogP contribution in [0.3, 0.4) is 0 Å². The summed E-state index contributed by atoms with van der Waals surface area (Å²) in [6.45, 7) is 2.14. The summed E-state index contributed by atoms with van der Waals surface area (Å²) >= 11 is 0. The quantitative estimate of drug-likeness (QED) is 0.509. The Hall–Kier alpha value is -1.76. The van der Waals surface area contributed by atoms with Crippen LogP contribution in [0.1, 0.15) is 45.4 Å². The van der Waals surface area contributed by atoms with Crippen LogP contribution in [0.15, 0.2) is 24.3 Å². The van der Waals surface area contributed by atoms with E-state index in [-0.39, 0.29) is 11.5 Å². The molecule has 0 heterocycles. The van der Waals surface area contributed by atoms with Gasteiger partial charge in [-0.25, -0.2) is 4.79 Å². The van der Waals surface area contributed by atoms with Crippen LogP contribution in [-0.4, -0.2) is 20.2 Å². The SMILES string of the molecule is CCCCCCCCS(=O)(=O)Oc1cccc(NC(N)=O)c1. The minimum atomic E-state index is -3.62. The van der Waals surface area contributed by atoms with E-state index < -0.39 is 16.1 Å². The minimum absolute atomic E-state index is 0.00734. The Balaban J connectivity index is 2.45. The van der Waals surface area contributed by atoms with Crippen LogP contribution in [0, 0.1) is 0 Å². The van der Waals surface area contributed by atoms with Gasteiger partial charge >= 0.3 is 16.1 Å². The third kappa shape index (κ3) is 7.87. The number of hydrogen-bond acceptors (Lipinski definition) is 4. The fourth-order valence-corrected chi connectivity index (χ4v) is 3.05. The molecule has 6 nitrogen and oxygen atoms in total. The van der Waals surface area contributed by atoms with E-state index in [1.54, 1.807) is 12.1 Å². The van der Waals surface area contributed by atoms with Gasteiger partial charge in [0.2, 0.25) is 0 Å². The van der Waals surface area contributed by atoms with Crippen molar-refractivity contribution in [2.75, 3.05) is 11.1 Å². The number of unbranched alkanes of at least 4 members (excludes halogenated alkanes) is 5. The van der Waals surface area contributed by atoms with Gasteiger partial charge in [0.25, 0.3) is 0 Å². The molecule has 0 unspecified atom stereocenters. The third-order valence-corrected chi connectivity index (χ3v) is 4.31. The van der Waals surface area contributed by atoms with Crippen molar-refractivity contribution < 1.29 is 17.4 Å². The number of primary amides is 1. The predicted molar refractivity (Wildman–Crippen MR) is 87.4 cm³/mol. The number of nitrogens with two attached hydrogens (primary N) is 1. The van der Waals surface area contributed by atoms with E-state index in [0.29, 0.717) is 12.1 Å². The van der Waals surface area contributed by atoms with Gasteiger partial charge in [-0.15, -0.1) is 0 Å². The lowest BCUT2D eigenvalue weighted by Crippen LogP contribution is -2.19. The number of hydrogen-bond donors (Lipinski definition) is 2. The van der Waals surface area contributed by atoms with Gasteiger partial charge in [0.1, 0.15) is 5.75 Å². The maximum absolute atomic E-state index is 11.9. The lowest BCUT2D eigenvalue weighted by atomic mass is 10.1. The van der Waals surface area contributed by atoms with Gasteiger partial charge in [-0.1, -0.05) is 45.1 Å². The van der Waals surface area contributed by atoms with Crippen LogP contribution in [0.2, 0.25) is 0 Å². The number of carbonyl (C=O) groups excluding carboxylic acids is 1. The monoisotopic (exact) mass is 328 g/mol. The summed E-state index contributed by atoms with van der Waals surface area (Å²) in [6.07, 6.45) is 6.00. The zero-order chi connectivity index (χ0) is 16.4. The Morgan fingerprint density at radius 1 is 1.18 bits per heavy atom. The van der Waals surface area contributed by atoms with Crippen molar-refractivity contribution in [2.24, 2.45) is 5.73 Å². The molecule has 0 fully saturated rings. The van der Waals surface area contributed by atoms with Crippen molar-refractivity contribution >= 4 is 21.8 Å². The molecule has 22 heavy (non-hydrogen) atoms. The topological polar surface area (TPSA) is 98.5 Å². The molecule has 1 aromatic rings. The summed E-state index contributed by atoms with van der Waals surface area (Å²) in [5.74, 6) is 0.157. The molecule has 0 aliphatic heterocycles. The fraction of sp³-hybridized carbons (Fsp3) is 0.533. The van der Waals surface area contributed by atoms with Gasteiger partial charge in [-0.3, -0.25) is 0 Å². The van der Waals surface area contributed by atoms with Gasteiger partial charge in [0.15, 0.2) is 0 Å². The molecule has 124 valence electrons. The standard InChI is InChI=1S/C15H24N2O4S/c1-2-3-4-5-6-7-11-22(19,20)21-14-10-8-9-13(12-14)17-15(16)18/h8-10,12H,2-7,11H2,1H3,(H3,16,17,18). The number of benzene rings is 1. The molecule has 0 saturated carbocycles. The van der Waals surface area contributed by atoms with Crippen molar-refractivity contribution in [3.8, 4) is 5.75 Å². The molecule has 0 aliphatic rings. The first-order valence-electron chi connectivity index (χ1n) is 7.51. The first-order valence-corrected chi connectivity index (χ1v) is 9.09. The van der Waals surface area contributed by atoms with E-state index in [1.165, 1.54) is 18.6 Å². The second kappa shape index (κ2) is 9.30. The normalized spacial score (nSPS) is 11.1. The van der Waals surface area contributed by atoms with Crippen molar-refractivity contribution in [2.45, 2.75) is 45.4 Å². The van der Waals surface area contributed by atoms with Crippen LogP contribution in [0.5, 0.6) is 5.75 Å². The number of rotatable bonds is 10. The zero-order valence-corrected chi connectivity index (χ0v) is 13.7. The molecule has 0 radical (unpaired) electrons. The molecule has 1 aromatic carbocycles. The van der Waals surface area contributed by atoms with Crippen molar-refractivity contribution in [3.63, 3.8) is 0 Å². The van der Waals surface area contributed by atoms with Crippen LogP contribution < -0.4 is 15.2 Å². The second-order valence-electron chi connectivity index (χ2n) is 5.13. The Bertz CT molecular complexity index is 573. The van der Waals surface area contributed by atoms with E-state index >= 15 is 0 Å². The summed E-state index contributed by atoms with van der Waals surface area (Å²) in [5, 5.41) is 2.37. The molecule has 0 bridgehead atoms. The molecule has 0 aliphatic carbocycles. The largest absolute Gasteiger partial charge is 0.382 e. The van der Waals surface area contributed by atoms with E-state index in [1.807, 2.05) is 0 Å². The average Bonchev–Trinajstić information content (AvgIpc) is 2.41. The third-order valence-electron chi connectivity index (χ3n) is 3.07. The molecule has 0 saturated heterocycles. The maximum Gasteiger partial charge on any atom is 0.316 e. The number of carbonyl (C=O) groups is 1. The van der Waals surface area contributed by atoms with E-state index in [0.717, 1.165) is 25.7 Å². The summed E-state index contributed by atoms with van der Waals surface area (Å²) < 4.78 is 28.8. The van der Waals surface area contributed by atoms with E-state index in [2.05, 4.69) is 12.2 Å². The van der Waals surface area contributed by atoms with E-state index in [4.69, 9.17) is 9.92 Å². The minimum Gasteiger partial charge on any atom is -0.382 e.